The molecule has 0 aromatic heterocycles. The van der Waals surface area contributed by atoms with Crippen LogP contribution in [-0.2, 0) is 9.84 Å². The summed E-state index contributed by atoms with van der Waals surface area (Å²) in [6.07, 6.45) is 6.81. The largest absolute Gasteiger partial charge is 0.314 e. The topological polar surface area (TPSA) is 46.2 Å². The van der Waals surface area contributed by atoms with Gasteiger partial charge in [0.1, 0.15) is 9.84 Å². The molecule has 0 aliphatic rings. The van der Waals surface area contributed by atoms with Gasteiger partial charge in [-0.3, -0.25) is 0 Å². The predicted octanol–water partition coefficient (Wildman–Crippen LogP) is 2.15. The summed E-state index contributed by atoms with van der Waals surface area (Å²) in [6, 6.07) is 0.531. The first-order valence-electron chi connectivity index (χ1n) is 6.06. The lowest BCUT2D eigenvalue weighted by atomic mass is 10.3. The van der Waals surface area contributed by atoms with E-state index >= 15 is 0 Å². The Balaban J connectivity index is 3.42. The van der Waals surface area contributed by atoms with Crippen LogP contribution in [0.4, 0.5) is 0 Å². The number of nitrogens with one attached hydrogen (secondary N) is 1. The lowest BCUT2D eigenvalue weighted by Gasteiger charge is -2.04. The summed E-state index contributed by atoms with van der Waals surface area (Å²) in [5.74, 6) is 0.576. The third kappa shape index (κ3) is 10.2. The maximum atomic E-state index is 11.2. The Morgan fingerprint density at radius 1 is 1.19 bits per heavy atom. The van der Waals surface area contributed by atoms with Crippen molar-refractivity contribution < 1.29 is 8.42 Å². The second-order valence-electron chi connectivity index (χ2n) is 4.25. The quantitative estimate of drug-likeness (QED) is 0.501. The van der Waals surface area contributed by atoms with Gasteiger partial charge in [0.05, 0.1) is 5.75 Å². The molecule has 0 saturated heterocycles. The molecule has 0 heterocycles. The normalized spacial score (nSPS) is 12.8. The standard InChI is InChI=1S/C12H25NO2S/c1-4-16(14,15)11-9-7-5-6-8-10-13-12(2)3/h5-6,12-13H,4,7-11H2,1-3H3. The first kappa shape index (κ1) is 15.7. The van der Waals surface area contributed by atoms with E-state index in [0.717, 1.165) is 25.8 Å². The maximum Gasteiger partial charge on any atom is 0.150 e. The highest BCUT2D eigenvalue weighted by Crippen LogP contribution is 1.98. The Morgan fingerprint density at radius 2 is 1.81 bits per heavy atom. The zero-order chi connectivity index (χ0) is 12.4. The van der Waals surface area contributed by atoms with Crippen molar-refractivity contribution in [2.45, 2.75) is 46.1 Å². The van der Waals surface area contributed by atoms with Gasteiger partial charge in [-0.1, -0.05) is 32.9 Å². The Labute approximate surface area is 100 Å². The van der Waals surface area contributed by atoms with Gasteiger partial charge in [-0.25, -0.2) is 8.42 Å². The van der Waals surface area contributed by atoms with Gasteiger partial charge in [0.2, 0.25) is 0 Å². The lowest BCUT2D eigenvalue weighted by Crippen LogP contribution is -2.23. The highest BCUT2D eigenvalue weighted by molar-refractivity contribution is 7.91. The van der Waals surface area contributed by atoms with E-state index in [1.807, 2.05) is 0 Å². The minimum absolute atomic E-state index is 0.259. The van der Waals surface area contributed by atoms with E-state index in [9.17, 15) is 8.42 Å². The molecular formula is C12H25NO2S. The minimum atomic E-state index is -2.77. The summed E-state index contributed by atoms with van der Waals surface area (Å²) in [6.45, 7) is 6.93. The number of hydrogen-bond donors (Lipinski definition) is 1. The minimum Gasteiger partial charge on any atom is -0.314 e. The molecule has 0 aliphatic heterocycles. The molecule has 16 heavy (non-hydrogen) atoms. The van der Waals surface area contributed by atoms with Crippen LogP contribution in [-0.4, -0.2) is 32.5 Å². The molecule has 0 bridgehead atoms. The van der Waals surface area contributed by atoms with Gasteiger partial charge in [0.25, 0.3) is 0 Å². The zero-order valence-electron chi connectivity index (χ0n) is 10.7. The van der Waals surface area contributed by atoms with E-state index < -0.39 is 9.84 Å². The third-order valence-electron chi connectivity index (χ3n) is 2.30. The number of rotatable bonds is 9. The Kier molecular flexibility index (Phi) is 8.57. The van der Waals surface area contributed by atoms with Gasteiger partial charge in [0, 0.05) is 11.8 Å². The monoisotopic (exact) mass is 247 g/mol. The second-order valence-corrected chi connectivity index (χ2v) is 6.72. The molecule has 0 saturated carbocycles. The summed E-state index contributed by atoms with van der Waals surface area (Å²) in [7, 11) is -2.77. The van der Waals surface area contributed by atoms with Crippen molar-refractivity contribution in [2.24, 2.45) is 0 Å². The molecule has 3 nitrogen and oxygen atoms in total. The van der Waals surface area contributed by atoms with Crippen molar-refractivity contribution in [3.63, 3.8) is 0 Å². The molecular weight excluding hydrogens is 222 g/mol. The Hall–Kier alpha value is -0.350. The molecule has 0 rings (SSSR count). The van der Waals surface area contributed by atoms with Crippen molar-refractivity contribution in [1.82, 2.24) is 5.32 Å². The lowest BCUT2D eigenvalue weighted by molar-refractivity contribution is 0.592. The molecule has 96 valence electrons. The highest BCUT2D eigenvalue weighted by Gasteiger charge is 2.04. The van der Waals surface area contributed by atoms with Crippen LogP contribution in [0.15, 0.2) is 12.2 Å². The van der Waals surface area contributed by atoms with Crippen LogP contribution in [0.25, 0.3) is 0 Å². The first-order chi connectivity index (χ1) is 7.48. The SMILES string of the molecule is CCS(=O)(=O)CCCC=CCCNC(C)C. The molecule has 0 spiro atoms. The first-order valence-corrected chi connectivity index (χ1v) is 7.89. The third-order valence-corrected chi connectivity index (χ3v) is 4.09. The summed E-state index contributed by atoms with van der Waals surface area (Å²) in [5.41, 5.74) is 0. The molecule has 0 aromatic carbocycles. The fourth-order valence-corrected chi connectivity index (χ4v) is 2.15. The van der Waals surface area contributed by atoms with E-state index in [0.29, 0.717) is 11.8 Å². The summed E-state index contributed by atoms with van der Waals surface area (Å²) in [4.78, 5) is 0. The smallest absolute Gasteiger partial charge is 0.150 e. The van der Waals surface area contributed by atoms with Gasteiger partial charge in [-0.05, 0) is 25.8 Å². The van der Waals surface area contributed by atoms with Crippen LogP contribution < -0.4 is 5.32 Å². The second kappa shape index (κ2) is 8.76. The molecule has 0 aliphatic carbocycles. The van der Waals surface area contributed by atoms with E-state index in [1.54, 1.807) is 6.92 Å². The maximum absolute atomic E-state index is 11.2. The molecule has 0 unspecified atom stereocenters. The van der Waals surface area contributed by atoms with Crippen molar-refractivity contribution in [1.29, 1.82) is 0 Å². The highest BCUT2D eigenvalue weighted by atomic mass is 32.2. The number of hydrogen-bond acceptors (Lipinski definition) is 3. The Morgan fingerprint density at radius 3 is 2.38 bits per heavy atom. The van der Waals surface area contributed by atoms with Gasteiger partial charge in [-0.15, -0.1) is 0 Å². The number of allylic oxidation sites excluding steroid dienone is 1. The van der Waals surface area contributed by atoms with E-state index in [1.165, 1.54) is 0 Å². The van der Waals surface area contributed by atoms with Crippen LogP contribution in [0.1, 0.15) is 40.0 Å². The van der Waals surface area contributed by atoms with Crippen molar-refractivity contribution in [3.05, 3.63) is 12.2 Å². The van der Waals surface area contributed by atoms with Crippen molar-refractivity contribution in [2.75, 3.05) is 18.1 Å². The average molecular weight is 247 g/mol. The molecule has 0 radical (unpaired) electrons. The molecule has 0 fully saturated rings. The van der Waals surface area contributed by atoms with Crippen LogP contribution in [0.3, 0.4) is 0 Å². The Bertz CT molecular complexity index is 281. The molecule has 1 N–H and O–H groups in total. The number of unbranched alkanes of at least 4 members (excludes halogenated alkanes) is 1. The molecule has 0 atom stereocenters. The van der Waals surface area contributed by atoms with Gasteiger partial charge in [0.15, 0.2) is 0 Å². The zero-order valence-corrected chi connectivity index (χ0v) is 11.5. The van der Waals surface area contributed by atoms with Gasteiger partial charge < -0.3 is 5.32 Å². The number of sulfone groups is 1. The predicted molar refractivity (Wildman–Crippen MR) is 70.5 cm³/mol. The van der Waals surface area contributed by atoms with Crippen LogP contribution in [0, 0.1) is 0 Å². The molecule has 0 aromatic rings. The van der Waals surface area contributed by atoms with Crippen molar-refractivity contribution in [3.8, 4) is 0 Å². The van der Waals surface area contributed by atoms with Crippen LogP contribution in [0.5, 0.6) is 0 Å². The summed E-state index contributed by atoms with van der Waals surface area (Å²) >= 11 is 0. The molecule has 4 heteroatoms. The fraction of sp³-hybridized carbons (Fsp3) is 0.833. The fourth-order valence-electron chi connectivity index (χ4n) is 1.26. The molecule has 0 amide bonds. The van der Waals surface area contributed by atoms with Gasteiger partial charge in [-0.2, -0.15) is 0 Å². The van der Waals surface area contributed by atoms with Crippen molar-refractivity contribution >= 4 is 9.84 Å². The average Bonchev–Trinajstić information content (AvgIpc) is 2.21. The van der Waals surface area contributed by atoms with E-state index in [-0.39, 0.29) is 5.75 Å². The van der Waals surface area contributed by atoms with Gasteiger partial charge >= 0.3 is 0 Å². The van der Waals surface area contributed by atoms with Crippen LogP contribution in [0.2, 0.25) is 0 Å². The summed E-state index contributed by atoms with van der Waals surface area (Å²) in [5, 5.41) is 3.32. The summed E-state index contributed by atoms with van der Waals surface area (Å²) < 4.78 is 22.4. The van der Waals surface area contributed by atoms with E-state index in [4.69, 9.17) is 0 Å². The van der Waals surface area contributed by atoms with Crippen LogP contribution >= 0.6 is 0 Å². The van der Waals surface area contributed by atoms with E-state index in [2.05, 4.69) is 31.3 Å².